The largest absolute Gasteiger partial charge is 0.506 e. The van der Waals surface area contributed by atoms with Crippen LogP contribution in [0, 0.1) is 5.92 Å². The zero-order valence-corrected chi connectivity index (χ0v) is 14.4. The van der Waals surface area contributed by atoms with Crippen LogP contribution in [0.5, 0.6) is 5.75 Å². The second kappa shape index (κ2) is 7.67. The number of benzene rings is 1. The van der Waals surface area contributed by atoms with Crippen molar-refractivity contribution in [3.8, 4) is 5.75 Å². The highest BCUT2D eigenvalue weighted by Crippen LogP contribution is 2.29. The van der Waals surface area contributed by atoms with E-state index in [1.165, 1.54) is 0 Å². The third-order valence-corrected chi connectivity index (χ3v) is 4.36. The summed E-state index contributed by atoms with van der Waals surface area (Å²) in [6.07, 6.45) is 0.171. The lowest BCUT2D eigenvalue weighted by Crippen LogP contribution is -2.37. The third-order valence-electron chi connectivity index (χ3n) is 4.36. The molecule has 1 aromatic heterocycles. The van der Waals surface area contributed by atoms with Crippen LogP contribution in [0.4, 0.5) is 0 Å². The van der Waals surface area contributed by atoms with Crippen molar-refractivity contribution in [2.75, 3.05) is 13.2 Å². The summed E-state index contributed by atoms with van der Waals surface area (Å²) in [5.41, 5.74) is -0.948. The predicted molar refractivity (Wildman–Crippen MR) is 94.6 cm³/mol. The highest BCUT2D eigenvalue weighted by molar-refractivity contribution is 6.02. The average molecular weight is 376 g/mol. The number of carboxylic acid groups (broad SMARTS) is 1. The van der Waals surface area contributed by atoms with Crippen LogP contribution in [0.15, 0.2) is 29.1 Å². The van der Waals surface area contributed by atoms with Crippen LogP contribution in [0.2, 0.25) is 0 Å². The fraction of sp³-hybridized carbons (Fsp3) is 0.389. The van der Waals surface area contributed by atoms with Gasteiger partial charge in [0.25, 0.3) is 11.5 Å². The normalized spacial score (nSPS) is 14.7. The number of aliphatic carboxylic acids is 1. The zero-order chi connectivity index (χ0) is 19.6. The van der Waals surface area contributed by atoms with Crippen molar-refractivity contribution in [1.82, 2.24) is 10.0 Å². The first-order chi connectivity index (χ1) is 12.9. The fourth-order valence-electron chi connectivity index (χ4n) is 2.63. The van der Waals surface area contributed by atoms with Gasteiger partial charge in [-0.15, -0.1) is 4.73 Å². The summed E-state index contributed by atoms with van der Waals surface area (Å²) in [5, 5.41) is 31.0. The summed E-state index contributed by atoms with van der Waals surface area (Å²) in [4.78, 5) is 41.4. The molecule has 0 spiro atoms. The lowest BCUT2D eigenvalue weighted by molar-refractivity contribution is -0.146. The molecule has 3 rings (SSSR count). The first-order valence-corrected chi connectivity index (χ1v) is 8.59. The molecule has 4 N–H and O–H groups in total. The minimum absolute atomic E-state index is 0.180. The molecule has 0 radical (unpaired) electrons. The number of aliphatic hydroxyl groups is 1. The molecule has 1 aliphatic rings. The molecule has 9 nitrogen and oxygen atoms in total. The van der Waals surface area contributed by atoms with E-state index < -0.39 is 34.9 Å². The van der Waals surface area contributed by atoms with Gasteiger partial charge in [-0.2, -0.15) is 0 Å². The number of hydrogen-bond acceptors (Lipinski definition) is 6. The molecule has 0 aliphatic heterocycles. The molecule has 144 valence electrons. The van der Waals surface area contributed by atoms with E-state index in [0.29, 0.717) is 18.0 Å². The standard InChI is InChI=1S/C18H20N2O7/c21-13(18(25)26)7-8-19-16(23)14-15(22)11-3-1-2-4-12(11)20(17(14)24)27-9-10-5-6-10/h1-4,10,13,21-22H,5-9H2,(H,19,23)(H,25,26)/t13-/m0/s1. The minimum Gasteiger partial charge on any atom is -0.506 e. The van der Waals surface area contributed by atoms with Gasteiger partial charge in [0, 0.05) is 18.4 Å². The zero-order valence-electron chi connectivity index (χ0n) is 14.4. The van der Waals surface area contributed by atoms with Gasteiger partial charge in [-0.3, -0.25) is 9.59 Å². The first kappa shape index (κ1) is 18.7. The van der Waals surface area contributed by atoms with E-state index in [2.05, 4.69) is 5.32 Å². The number of nitrogens with zero attached hydrogens (tertiary/aromatic N) is 1. The number of fused-ring (bicyclic) bond motifs is 1. The Hall–Kier alpha value is -3.07. The molecule has 0 bridgehead atoms. The van der Waals surface area contributed by atoms with E-state index in [0.717, 1.165) is 17.6 Å². The third kappa shape index (κ3) is 4.03. The number of rotatable bonds is 8. The van der Waals surface area contributed by atoms with Gasteiger partial charge in [0.1, 0.15) is 17.9 Å². The Labute approximate surface area is 153 Å². The van der Waals surface area contributed by atoms with Gasteiger partial charge in [-0.1, -0.05) is 12.1 Å². The smallest absolute Gasteiger partial charge is 0.332 e. The van der Waals surface area contributed by atoms with Crippen molar-refractivity contribution in [2.45, 2.75) is 25.4 Å². The van der Waals surface area contributed by atoms with Gasteiger partial charge in [0.15, 0.2) is 6.10 Å². The Balaban J connectivity index is 1.90. The Morgan fingerprint density at radius 1 is 1.30 bits per heavy atom. The number of carboxylic acids is 1. The molecule has 2 aromatic rings. The molecule has 1 fully saturated rings. The predicted octanol–water partition coefficient (Wildman–Crippen LogP) is 0.111. The molecular formula is C18H20N2O7. The van der Waals surface area contributed by atoms with E-state index in [-0.39, 0.29) is 18.4 Å². The van der Waals surface area contributed by atoms with Crippen LogP contribution >= 0.6 is 0 Å². The number of aromatic hydroxyl groups is 1. The summed E-state index contributed by atoms with van der Waals surface area (Å²) >= 11 is 0. The number of amides is 1. The van der Waals surface area contributed by atoms with Crippen LogP contribution in [0.3, 0.4) is 0 Å². The first-order valence-electron chi connectivity index (χ1n) is 8.59. The lowest BCUT2D eigenvalue weighted by atomic mass is 10.1. The molecule has 9 heteroatoms. The average Bonchev–Trinajstić information content (AvgIpc) is 3.46. The van der Waals surface area contributed by atoms with Crippen molar-refractivity contribution in [3.05, 3.63) is 40.2 Å². The Bertz CT molecular complexity index is 933. The molecule has 27 heavy (non-hydrogen) atoms. The summed E-state index contributed by atoms with van der Waals surface area (Å²) in [6, 6.07) is 6.51. The fourth-order valence-corrected chi connectivity index (χ4v) is 2.63. The number of aliphatic hydroxyl groups excluding tert-OH is 1. The van der Waals surface area contributed by atoms with Crippen molar-refractivity contribution in [3.63, 3.8) is 0 Å². The summed E-state index contributed by atoms with van der Waals surface area (Å²) < 4.78 is 1.01. The molecule has 1 aliphatic carbocycles. The van der Waals surface area contributed by atoms with Crippen molar-refractivity contribution in [2.24, 2.45) is 5.92 Å². The molecule has 0 saturated heterocycles. The number of aromatic nitrogens is 1. The van der Waals surface area contributed by atoms with E-state index >= 15 is 0 Å². The van der Waals surface area contributed by atoms with Crippen LogP contribution in [-0.4, -0.2) is 51.2 Å². The Kier molecular flexibility index (Phi) is 5.31. The topological polar surface area (TPSA) is 138 Å². The van der Waals surface area contributed by atoms with Crippen molar-refractivity contribution < 1.29 is 29.7 Å². The highest BCUT2D eigenvalue weighted by Gasteiger charge is 2.26. The number of para-hydroxylation sites is 1. The molecule has 1 aromatic carbocycles. The second-order valence-corrected chi connectivity index (χ2v) is 6.48. The highest BCUT2D eigenvalue weighted by atomic mass is 16.7. The SMILES string of the molecule is O=C(NCC[C@H](O)C(=O)O)c1c(O)c2ccccc2n(OCC2CC2)c1=O. The molecular weight excluding hydrogens is 356 g/mol. The maximum absolute atomic E-state index is 12.8. The number of pyridine rings is 1. The Morgan fingerprint density at radius 2 is 2.00 bits per heavy atom. The van der Waals surface area contributed by atoms with Gasteiger partial charge in [0.2, 0.25) is 0 Å². The number of nitrogens with one attached hydrogen (secondary N) is 1. The van der Waals surface area contributed by atoms with E-state index in [1.54, 1.807) is 24.3 Å². The molecule has 1 amide bonds. The lowest BCUT2D eigenvalue weighted by Gasteiger charge is -2.15. The van der Waals surface area contributed by atoms with Crippen LogP contribution < -0.4 is 15.7 Å². The van der Waals surface area contributed by atoms with Gasteiger partial charge < -0.3 is 25.5 Å². The van der Waals surface area contributed by atoms with Crippen LogP contribution in [0.25, 0.3) is 10.9 Å². The summed E-state index contributed by atoms with van der Waals surface area (Å²) in [7, 11) is 0. The van der Waals surface area contributed by atoms with Crippen molar-refractivity contribution >= 4 is 22.8 Å². The van der Waals surface area contributed by atoms with Crippen LogP contribution in [-0.2, 0) is 4.79 Å². The van der Waals surface area contributed by atoms with Gasteiger partial charge in [-0.05, 0) is 30.9 Å². The summed E-state index contributed by atoms with van der Waals surface area (Å²) in [5.74, 6) is -2.38. The van der Waals surface area contributed by atoms with Gasteiger partial charge in [-0.25, -0.2) is 4.79 Å². The van der Waals surface area contributed by atoms with Gasteiger partial charge in [0.05, 0.1) is 5.52 Å². The number of carbonyl (C=O) groups is 2. The van der Waals surface area contributed by atoms with E-state index in [4.69, 9.17) is 9.94 Å². The van der Waals surface area contributed by atoms with Crippen molar-refractivity contribution in [1.29, 1.82) is 0 Å². The molecule has 0 unspecified atom stereocenters. The quantitative estimate of drug-likeness (QED) is 0.513. The minimum atomic E-state index is -1.63. The maximum atomic E-state index is 12.8. The molecule has 1 heterocycles. The summed E-state index contributed by atoms with van der Waals surface area (Å²) in [6.45, 7) is 0.154. The van der Waals surface area contributed by atoms with E-state index in [9.17, 15) is 24.6 Å². The molecule has 1 saturated carbocycles. The van der Waals surface area contributed by atoms with Crippen LogP contribution in [0.1, 0.15) is 29.6 Å². The number of hydrogen-bond donors (Lipinski definition) is 4. The maximum Gasteiger partial charge on any atom is 0.332 e. The second-order valence-electron chi connectivity index (χ2n) is 6.48. The monoisotopic (exact) mass is 376 g/mol. The van der Waals surface area contributed by atoms with Gasteiger partial charge >= 0.3 is 5.97 Å². The van der Waals surface area contributed by atoms with E-state index in [1.807, 2.05) is 0 Å². The molecule has 1 atom stereocenters. The number of carbonyl (C=O) groups excluding carboxylic acids is 1. The Morgan fingerprint density at radius 3 is 2.67 bits per heavy atom.